The number of nitrogens with one attached hydrogen (secondary N) is 1. The summed E-state index contributed by atoms with van der Waals surface area (Å²) < 4.78 is 0. The highest BCUT2D eigenvalue weighted by molar-refractivity contribution is 6.30. The normalized spacial score (nSPS) is 15.3. The van der Waals surface area contributed by atoms with Crippen molar-refractivity contribution in [3.8, 4) is 0 Å². The Labute approximate surface area is 142 Å². The molecule has 0 radical (unpaired) electrons. The second-order valence-electron chi connectivity index (χ2n) is 5.88. The Kier molecular flexibility index (Phi) is 5.31. The lowest BCUT2D eigenvalue weighted by atomic mass is 10.0. The number of rotatable bonds is 4. The molecule has 0 unspecified atom stereocenters. The number of amides is 1. The molecule has 1 fully saturated rings. The van der Waals surface area contributed by atoms with Gasteiger partial charge in [-0.3, -0.25) is 4.79 Å². The summed E-state index contributed by atoms with van der Waals surface area (Å²) in [6.45, 7) is 1.90. The van der Waals surface area contributed by atoms with E-state index in [9.17, 15) is 4.79 Å². The molecule has 2 aromatic carbocycles. The average molecular weight is 329 g/mol. The van der Waals surface area contributed by atoms with Crippen LogP contribution < -0.4 is 10.2 Å². The summed E-state index contributed by atoms with van der Waals surface area (Å²) >= 11 is 6.00. The number of carbonyl (C=O) groups excluding carboxylic acids is 1. The van der Waals surface area contributed by atoms with Crippen molar-refractivity contribution in [3.63, 3.8) is 0 Å². The third-order valence-corrected chi connectivity index (χ3v) is 4.50. The van der Waals surface area contributed by atoms with Gasteiger partial charge in [-0.1, -0.05) is 41.9 Å². The molecule has 2 aromatic rings. The predicted octanol–water partition coefficient (Wildman–Crippen LogP) is 3.67. The molecule has 3 rings (SSSR count). The molecule has 1 N–H and O–H groups in total. The van der Waals surface area contributed by atoms with E-state index in [1.165, 1.54) is 0 Å². The number of piperidine rings is 1. The summed E-state index contributed by atoms with van der Waals surface area (Å²) in [6.07, 6.45) is 2.37. The van der Waals surface area contributed by atoms with E-state index in [4.69, 9.17) is 11.6 Å². The number of hydrogen-bond donors (Lipinski definition) is 1. The third-order valence-electron chi connectivity index (χ3n) is 4.25. The smallest absolute Gasteiger partial charge is 0.231 e. The zero-order valence-corrected chi connectivity index (χ0v) is 13.8. The maximum atomic E-state index is 13.0. The van der Waals surface area contributed by atoms with Crippen LogP contribution in [0, 0.1) is 0 Å². The van der Waals surface area contributed by atoms with Crippen LogP contribution in [-0.2, 0) is 11.2 Å². The van der Waals surface area contributed by atoms with E-state index in [0.717, 1.165) is 37.2 Å². The van der Waals surface area contributed by atoms with Crippen LogP contribution in [0.15, 0.2) is 54.6 Å². The number of anilines is 1. The van der Waals surface area contributed by atoms with Crippen LogP contribution in [0.2, 0.25) is 5.02 Å². The van der Waals surface area contributed by atoms with Crippen molar-refractivity contribution >= 4 is 23.2 Å². The molecule has 1 aliphatic heterocycles. The van der Waals surface area contributed by atoms with Gasteiger partial charge in [-0.05, 0) is 55.8 Å². The zero-order valence-electron chi connectivity index (χ0n) is 13.0. The molecular formula is C19H21ClN2O. The van der Waals surface area contributed by atoms with Crippen molar-refractivity contribution < 1.29 is 4.79 Å². The van der Waals surface area contributed by atoms with Crippen molar-refractivity contribution in [1.29, 1.82) is 0 Å². The standard InChI is InChI=1S/C19H21ClN2O/c20-16-6-8-17(9-7-16)22(18-10-12-21-13-11-18)19(23)14-15-4-2-1-3-5-15/h1-9,18,21H,10-14H2. The van der Waals surface area contributed by atoms with E-state index in [1.54, 1.807) is 0 Å². The van der Waals surface area contributed by atoms with E-state index >= 15 is 0 Å². The SMILES string of the molecule is O=C(Cc1ccccc1)N(c1ccc(Cl)cc1)C1CCNCC1. The Morgan fingerprint density at radius 3 is 2.35 bits per heavy atom. The van der Waals surface area contributed by atoms with Crippen molar-refractivity contribution in [2.24, 2.45) is 0 Å². The number of benzene rings is 2. The molecule has 1 amide bonds. The second kappa shape index (κ2) is 7.62. The lowest BCUT2D eigenvalue weighted by Crippen LogP contribution is -2.47. The van der Waals surface area contributed by atoms with E-state index in [0.29, 0.717) is 11.4 Å². The number of carbonyl (C=O) groups is 1. The Bertz CT molecular complexity index is 636. The van der Waals surface area contributed by atoms with Crippen molar-refractivity contribution in [2.75, 3.05) is 18.0 Å². The molecule has 0 aromatic heterocycles. The summed E-state index contributed by atoms with van der Waals surface area (Å²) in [4.78, 5) is 14.9. The average Bonchev–Trinajstić information content (AvgIpc) is 2.59. The largest absolute Gasteiger partial charge is 0.317 e. The topological polar surface area (TPSA) is 32.3 Å². The van der Waals surface area contributed by atoms with Gasteiger partial charge >= 0.3 is 0 Å². The molecule has 1 heterocycles. The molecule has 1 aliphatic rings. The van der Waals surface area contributed by atoms with Gasteiger partial charge in [-0.25, -0.2) is 0 Å². The van der Waals surface area contributed by atoms with Gasteiger partial charge in [-0.2, -0.15) is 0 Å². The van der Waals surface area contributed by atoms with Gasteiger partial charge in [0.15, 0.2) is 0 Å². The number of nitrogens with zero attached hydrogens (tertiary/aromatic N) is 1. The van der Waals surface area contributed by atoms with Crippen LogP contribution in [0.25, 0.3) is 0 Å². The first kappa shape index (κ1) is 16.0. The van der Waals surface area contributed by atoms with Crippen LogP contribution in [0.3, 0.4) is 0 Å². The second-order valence-corrected chi connectivity index (χ2v) is 6.32. The summed E-state index contributed by atoms with van der Waals surface area (Å²) in [5.74, 6) is 0.144. The first-order valence-electron chi connectivity index (χ1n) is 8.06. The fourth-order valence-corrected chi connectivity index (χ4v) is 3.21. The molecule has 23 heavy (non-hydrogen) atoms. The van der Waals surface area contributed by atoms with Crippen LogP contribution >= 0.6 is 11.6 Å². The highest BCUT2D eigenvalue weighted by Gasteiger charge is 2.26. The molecule has 0 saturated carbocycles. The Hall–Kier alpha value is -1.84. The lowest BCUT2D eigenvalue weighted by molar-refractivity contribution is -0.118. The summed E-state index contributed by atoms with van der Waals surface area (Å²) in [6, 6.07) is 17.7. The van der Waals surface area contributed by atoms with E-state index in [-0.39, 0.29) is 11.9 Å². The van der Waals surface area contributed by atoms with Gasteiger partial charge in [0.1, 0.15) is 0 Å². The summed E-state index contributed by atoms with van der Waals surface area (Å²) in [5.41, 5.74) is 1.98. The Morgan fingerprint density at radius 2 is 1.70 bits per heavy atom. The van der Waals surface area contributed by atoms with Gasteiger partial charge in [0.25, 0.3) is 0 Å². The van der Waals surface area contributed by atoms with Crippen LogP contribution in [-0.4, -0.2) is 25.0 Å². The minimum absolute atomic E-state index is 0.144. The predicted molar refractivity (Wildman–Crippen MR) is 95.0 cm³/mol. The van der Waals surface area contributed by atoms with Gasteiger partial charge in [-0.15, -0.1) is 0 Å². The maximum absolute atomic E-state index is 13.0. The minimum atomic E-state index is 0.144. The molecule has 0 atom stereocenters. The van der Waals surface area contributed by atoms with E-state index in [1.807, 2.05) is 59.5 Å². The minimum Gasteiger partial charge on any atom is -0.317 e. The molecule has 0 spiro atoms. The monoisotopic (exact) mass is 328 g/mol. The lowest BCUT2D eigenvalue weighted by Gasteiger charge is -2.35. The quantitative estimate of drug-likeness (QED) is 0.928. The van der Waals surface area contributed by atoms with Crippen molar-refractivity contribution in [3.05, 3.63) is 65.2 Å². The molecular weight excluding hydrogens is 308 g/mol. The molecule has 3 nitrogen and oxygen atoms in total. The first-order chi connectivity index (χ1) is 11.2. The highest BCUT2D eigenvalue weighted by Crippen LogP contribution is 2.25. The molecule has 0 aliphatic carbocycles. The fourth-order valence-electron chi connectivity index (χ4n) is 3.08. The fraction of sp³-hybridized carbons (Fsp3) is 0.316. The van der Waals surface area contributed by atoms with Crippen LogP contribution in [0.1, 0.15) is 18.4 Å². The number of hydrogen-bond acceptors (Lipinski definition) is 2. The summed E-state index contributed by atoms with van der Waals surface area (Å²) in [5, 5.41) is 4.05. The Morgan fingerprint density at radius 1 is 1.04 bits per heavy atom. The molecule has 0 bridgehead atoms. The number of halogens is 1. The third kappa shape index (κ3) is 4.12. The van der Waals surface area contributed by atoms with Gasteiger partial charge in [0, 0.05) is 16.8 Å². The van der Waals surface area contributed by atoms with E-state index in [2.05, 4.69) is 5.32 Å². The van der Waals surface area contributed by atoms with Crippen molar-refractivity contribution in [2.45, 2.75) is 25.3 Å². The zero-order chi connectivity index (χ0) is 16.1. The van der Waals surface area contributed by atoms with Crippen molar-refractivity contribution in [1.82, 2.24) is 5.32 Å². The van der Waals surface area contributed by atoms with Crippen LogP contribution in [0.5, 0.6) is 0 Å². The van der Waals surface area contributed by atoms with Gasteiger partial charge < -0.3 is 10.2 Å². The van der Waals surface area contributed by atoms with Gasteiger partial charge in [0.05, 0.1) is 6.42 Å². The highest BCUT2D eigenvalue weighted by atomic mass is 35.5. The maximum Gasteiger partial charge on any atom is 0.231 e. The Balaban J connectivity index is 1.84. The van der Waals surface area contributed by atoms with Gasteiger partial charge in [0.2, 0.25) is 5.91 Å². The first-order valence-corrected chi connectivity index (χ1v) is 8.44. The van der Waals surface area contributed by atoms with Crippen LogP contribution in [0.4, 0.5) is 5.69 Å². The molecule has 120 valence electrons. The summed E-state index contributed by atoms with van der Waals surface area (Å²) in [7, 11) is 0. The molecule has 4 heteroatoms. The van der Waals surface area contributed by atoms with E-state index < -0.39 is 0 Å². The molecule has 1 saturated heterocycles.